The first-order valence-electron chi connectivity index (χ1n) is 7.76. The van der Waals surface area contributed by atoms with Crippen LogP contribution >= 0.6 is 11.8 Å². The molecule has 1 rings (SSSR count). The summed E-state index contributed by atoms with van der Waals surface area (Å²) in [5, 5.41) is 5.76. The van der Waals surface area contributed by atoms with Gasteiger partial charge in [-0.05, 0) is 43.9 Å². The van der Waals surface area contributed by atoms with Crippen molar-refractivity contribution in [3.05, 3.63) is 29.8 Å². The standard InChI is InChI=1S/C17H26N2O3S/c1-5-12(2)18-17(21)14(10-11-23-4)19-16(20)13-8-6-7-9-15(13)22-3/h6-9,12,14H,5,10-11H2,1-4H3,(H,18,21)(H,19,20). The minimum absolute atomic E-state index is 0.0856. The number of rotatable bonds is 9. The van der Waals surface area contributed by atoms with Crippen LogP contribution in [0.4, 0.5) is 0 Å². The van der Waals surface area contributed by atoms with E-state index < -0.39 is 6.04 Å². The molecule has 0 aromatic heterocycles. The maximum Gasteiger partial charge on any atom is 0.255 e. The monoisotopic (exact) mass is 338 g/mol. The Morgan fingerprint density at radius 3 is 2.57 bits per heavy atom. The molecule has 0 bridgehead atoms. The first kappa shape index (κ1) is 19.4. The van der Waals surface area contributed by atoms with E-state index in [1.54, 1.807) is 36.0 Å². The molecule has 2 amide bonds. The van der Waals surface area contributed by atoms with Gasteiger partial charge in [-0.3, -0.25) is 9.59 Å². The van der Waals surface area contributed by atoms with Crippen molar-refractivity contribution in [2.24, 2.45) is 0 Å². The Bertz CT molecular complexity index is 522. The molecule has 2 unspecified atom stereocenters. The second-order valence-electron chi connectivity index (χ2n) is 5.33. The molecule has 2 N–H and O–H groups in total. The number of amides is 2. The van der Waals surface area contributed by atoms with Crippen LogP contribution in [-0.4, -0.2) is 43.0 Å². The van der Waals surface area contributed by atoms with Crippen LogP contribution in [0.1, 0.15) is 37.0 Å². The molecule has 0 saturated heterocycles. The smallest absolute Gasteiger partial charge is 0.255 e. The van der Waals surface area contributed by atoms with E-state index in [9.17, 15) is 9.59 Å². The Kier molecular flexibility index (Phi) is 8.55. The van der Waals surface area contributed by atoms with Crippen LogP contribution in [-0.2, 0) is 4.79 Å². The number of thioether (sulfide) groups is 1. The second-order valence-corrected chi connectivity index (χ2v) is 6.31. The first-order valence-corrected chi connectivity index (χ1v) is 9.16. The van der Waals surface area contributed by atoms with Gasteiger partial charge in [0.15, 0.2) is 0 Å². The van der Waals surface area contributed by atoms with Gasteiger partial charge in [-0.1, -0.05) is 19.1 Å². The third-order valence-corrected chi connectivity index (χ3v) is 4.23. The molecule has 0 aliphatic heterocycles. The number of hydrogen-bond donors (Lipinski definition) is 2. The minimum atomic E-state index is -0.547. The third-order valence-electron chi connectivity index (χ3n) is 3.59. The largest absolute Gasteiger partial charge is 0.496 e. The lowest BCUT2D eigenvalue weighted by Gasteiger charge is -2.21. The molecule has 0 aliphatic carbocycles. The van der Waals surface area contributed by atoms with Crippen LogP contribution in [0.25, 0.3) is 0 Å². The van der Waals surface area contributed by atoms with Crippen LogP contribution < -0.4 is 15.4 Å². The van der Waals surface area contributed by atoms with Crippen molar-refractivity contribution in [2.45, 2.75) is 38.8 Å². The van der Waals surface area contributed by atoms with E-state index in [0.29, 0.717) is 17.7 Å². The van der Waals surface area contributed by atoms with E-state index in [0.717, 1.165) is 12.2 Å². The van der Waals surface area contributed by atoms with Gasteiger partial charge in [0.05, 0.1) is 12.7 Å². The molecule has 6 heteroatoms. The Labute approximate surface area is 142 Å². The van der Waals surface area contributed by atoms with E-state index in [1.165, 1.54) is 7.11 Å². The first-order chi connectivity index (χ1) is 11.0. The zero-order chi connectivity index (χ0) is 17.2. The zero-order valence-electron chi connectivity index (χ0n) is 14.2. The summed E-state index contributed by atoms with van der Waals surface area (Å²) in [6, 6.07) is 6.53. The molecule has 5 nitrogen and oxygen atoms in total. The molecule has 0 fully saturated rings. The van der Waals surface area contributed by atoms with Crippen molar-refractivity contribution < 1.29 is 14.3 Å². The van der Waals surface area contributed by atoms with E-state index in [2.05, 4.69) is 10.6 Å². The maximum absolute atomic E-state index is 12.5. The molecule has 1 aromatic rings. The third kappa shape index (κ3) is 6.14. The zero-order valence-corrected chi connectivity index (χ0v) is 15.0. The summed E-state index contributed by atoms with van der Waals surface area (Å²) in [6.07, 6.45) is 3.41. The number of ether oxygens (including phenoxy) is 1. The molecule has 0 saturated carbocycles. The molecular weight excluding hydrogens is 312 g/mol. The van der Waals surface area contributed by atoms with E-state index >= 15 is 0 Å². The van der Waals surface area contributed by atoms with Crippen LogP contribution in [0.15, 0.2) is 24.3 Å². The van der Waals surface area contributed by atoms with Gasteiger partial charge in [-0.2, -0.15) is 11.8 Å². The van der Waals surface area contributed by atoms with E-state index in [-0.39, 0.29) is 17.9 Å². The fraction of sp³-hybridized carbons (Fsp3) is 0.529. The summed E-state index contributed by atoms with van der Waals surface area (Å²) in [4.78, 5) is 24.9. The lowest BCUT2D eigenvalue weighted by molar-refractivity contribution is -0.123. The Morgan fingerprint density at radius 2 is 1.96 bits per heavy atom. The molecule has 128 valence electrons. The lowest BCUT2D eigenvalue weighted by atomic mass is 10.1. The van der Waals surface area contributed by atoms with Crippen molar-refractivity contribution >= 4 is 23.6 Å². The molecule has 0 heterocycles. The van der Waals surface area contributed by atoms with Crippen LogP contribution in [0.3, 0.4) is 0 Å². The number of benzene rings is 1. The summed E-state index contributed by atoms with van der Waals surface area (Å²) < 4.78 is 5.21. The summed E-state index contributed by atoms with van der Waals surface area (Å²) in [5.74, 6) is 0.852. The van der Waals surface area contributed by atoms with Gasteiger partial charge in [0.2, 0.25) is 5.91 Å². The Balaban J connectivity index is 2.83. The summed E-state index contributed by atoms with van der Waals surface area (Å²) in [7, 11) is 1.52. The van der Waals surface area contributed by atoms with Gasteiger partial charge in [0.1, 0.15) is 11.8 Å². The summed E-state index contributed by atoms with van der Waals surface area (Å²) in [5.41, 5.74) is 0.431. The predicted octanol–water partition coefficient (Wildman–Crippen LogP) is 2.46. The van der Waals surface area contributed by atoms with E-state index in [1.807, 2.05) is 20.1 Å². The maximum atomic E-state index is 12.5. The number of carbonyl (C=O) groups is 2. The van der Waals surface area contributed by atoms with Gasteiger partial charge in [-0.25, -0.2) is 0 Å². The summed E-state index contributed by atoms with van der Waals surface area (Å²) in [6.45, 7) is 3.96. The van der Waals surface area contributed by atoms with Crippen LogP contribution in [0.5, 0.6) is 5.75 Å². The van der Waals surface area contributed by atoms with Gasteiger partial charge >= 0.3 is 0 Å². The summed E-state index contributed by atoms with van der Waals surface area (Å²) >= 11 is 1.65. The van der Waals surface area contributed by atoms with Gasteiger partial charge < -0.3 is 15.4 Å². The molecule has 0 spiro atoms. The topological polar surface area (TPSA) is 67.4 Å². The minimum Gasteiger partial charge on any atom is -0.496 e. The highest BCUT2D eigenvalue weighted by Crippen LogP contribution is 2.17. The molecule has 2 atom stereocenters. The van der Waals surface area contributed by atoms with Crippen molar-refractivity contribution in [3.63, 3.8) is 0 Å². The number of nitrogens with one attached hydrogen (secondary N) is 2. The average Bonchev–Trinajstić information content (AvgIpc) is 2.57. The van der Waals surface area contributed by atoms with Crippen molar-refractivity contribution in [3.8, 4) is 5.75 Å². The van der Waals surface area contributed by atoms with Crippen molar-refractivity contribution in [1.82, 2.24) is 10.6 Å². The molecule has 0 radical (unpaired) electrons. The second kappa shape index (κ2) is 10.2. The SMILES string of the molecule is CCC(C)NC(=O)C(CCSC)NC(=O)c1ccccc1OC. The lowest BCUT2D eigenvalue weighted by Crippen LogP contribution is -2.49. The molecule has 23 heavy (non-hydrogen) atoms. The average molecular weight is 338 g/mol. The predicted molar refractivity (Wildman–Crippen MR) is 95.1 cm³/mol. The molecular formula is C17H26N2O3S. The Hall–Kier alpha value is -1.69. The van der Waals surface area contributed by atoms with E-state index in [4.69, 9.17) is 4.74 Å². The van der Waals surface area contributed by atoms with Crippen molar-refractivity contribution in [2.75, 3.05) is 19.1 Å². The molecule has 1 aromatic carbocycles. The quantitative estimate of drug-likeness (QED) is 0.726. The highest BCUT2D eigenvalue weighted by atomic mass is 32.2. The van der Waals surface area contributed by atoms with Crippen LogP contribution in [0.2, 0.25) is 0 Å². The normalized spacial score (nSPS) is 13.0. The van der Waals surface area contributed by atoms with Crippen molar-refractivity contribution in [1.29, 1.82) is 0 Å². The number of carbonyl (C=O) groups excluding carboxylic acids is 2. The van der Waals surface area contributed by atoms with Gasteiger partial charge in [-0.15, -0.1) is 0 Å². The highest BCUT2D eigenvalue weighted by Gasteiger charge is 2.23. The number of para-hydroxylation sites is 1. The molecule has 0 aliphatic rings. The fourth-order valence-corrected chi connectivity index (χ4v) is 2.49. The van der Waals surface area contributed by atoms with Crippen LogP contribution in [0, 0.1) is 0 Å². The fourth-order valence-electron chi connectivity index (χ4n) is 2.02. The van der Waals surface area contributed by atoms with Gasteiger partial charge in [0.25, 0.3) is 5.91 Å². The number of hydrogen-bond acceptors (Lipinski definition) is 4. The highest BCUT2D eigenvalue weighted by molar-refractivity contribution is 7.98. The number of methoxy groups -OCH3 is 1. The Morgan fingerprint density at radius 1 is 1.26 bits per heavy atom. The van der Waals surface area contributed by atoms with Gasteiger partial charge in [0, 0.05) is 6.04 Å².